The molecule has 3 fully saturated rings. The Morgan fingerprint density at radius 3 is 2.53 bits per heavy atom. The third kappa shape index (κ3) is 3.54. The van der Waals surface area contributed by atoms with Gasteiger partial charge in [-0.1, -0.05) is 41.6 Å². The molecule has 186 valence electrons. The number of carbonyl (C=O) groups excluding carboxylic acids is 2. The lowest BCUT2D eigenvalue weighted by Gasteiger charge is -2.23. The minimum absolute atomic E-state index is 0.0890. The Morgan fingerprint density at radius 1 is 1.08 bits per heavy atom. The van der Waals surface area contributed by atoms with Crippen LogP contribution in [0.2, 0.25) is 0 Å². The van der Waals surface area contributed by atoms with Gasteiger partial charge in [0.1, 0.15) is 11.4 Å². The number of hydrazine groups is 1. The average molecular weight is 486 g/mol. The highest BCUT2D eigenvalue weighted by atomic mass is 16.5. The second-order valence-corrected chi connectivity index (χ2v) is 11.1. The summed E-state index contributed by atoms with van der Waals surface area (Å²) in [4.78, 5) is 34.7. The molecule has 2 aliphatic carbocycles. The van der Waals surface area contributed by atoms with Gasteiger partial charge in [0.05, 0.1) is 11.7 Å². The van der Waals surface area contributed by atoms with Gasteiger partial charge in [0, 0.05) is 31.1 Å². The van der Waals surface area contributed by atoms with Gasteiger partial charge >= 0.3 is 0 Å². The zero-order valence-electron chi connectivity index (χ0n) is 20.5. The molecule has 7 rings (SSSR count). The van der Waals surface area contributed by atoms with E-state index in [1.807, 2.05) is 28.9 Å². The van der Waals surface area contributed by atoms with E-state index < -0.39 is 5.54 Å². The number of hydrogen-bond acceptors (Lipinski definition) is 6. The minimum atomic E-state index is -0.547. The first-order valence-electron chi connectivity index (χ1n) is 13.1. The highest BCUT2D eigenvalue weighted by molar-refractivity contribution is 6.16. The molecule has 2 aromatic carbocycles. The second kappa shape index (κ2) is 7.88. The molecule has 2 aromatic rings. The fourth-order valence-corrected chi connectivity index (χ4v) is 5.88. The van der Waals surface area contributed by atoms with Crippen molar-refractivity contribution < 1.29 is 14.8 Å². The number of anilines is 1. The lowest BCUT2D eigenvalue weighted by Crippen LogP contribution is -2.40. The molecule has 2 amide bonds. The normalized spacial score (nSPS) is 26.4. The Hall–Kier alpha value is -3.23. The number of likely N-dealkylation sites (tertiary alicyclic amines) is 1. The van der Waals surface area contributed by atoms with Gasteiger partial charge in [-0.3, -0.25) is 30.1 Å². The van der Waals surface area contributed by atoms with Crippen LogP contribution in [0.15, 0.2) is 47.5 Å². The van der Waals surface area contributed by atoms with Crippen molar-refractivity contribution in [1.29, 1.82) is 0 Å². The van der Waals surface area contributed by atoms with Crippen LogP contribution >= 0.6 is 0 Å². The van der Waals surface area contributed by atoms with Crippen LogP contribution in [0, 0.1) is 11.8 Å². The SMILES string of the molecule is CC1c2ccc(-c3ccc(C4=NC5(CC5)C(=O)N4C[C@@H]4CCN(C(=O)C5CC5)C4)cc3)cc2NN1O. The third-order valence-corrected chi connectivity index (χ3v) is 8.49. The van der Waals surface area contributed by atoms with Gasteiger partial charge in [0.15, 0.2) is 0 Å². The van der Waals surface area contributed by atoms with Crippen LogP contribution < -0.4 is 5.43 Å². The highest BCUT2D eigenvalue weighted by Gasteiger charge is 2.57. The van der Waals surface area contributed by atoms with Gasteiger partial charge in [-0.25, -0.2) is 0 Å². The van der Waals surface area contributed by atoms with E-state index in [2.05, 4.69) is 35.8 Å². The summed E-state index contributed by atoms with van der Waals surface area (Å²) in [6.07, 6.45) is 4.64. The molecule has 0 aromatic heterocycles. The lowest BCUT2D eigenvalue weighted by atomic mass is 9.99. The number of aliphatic imine (C=N–C) groups is 1. The molecule has 8 heteroatoms. The first-order valence-corrected chi connectivity index (χ1v) is 13.1. The van der Waals surface area contributed by atoms with Crippen LogP contribution in [-0.2, 0) is 9.59 Å². The van der Waals surface area contributed by atoms with Crippen molar-refractivity contribution in [2.75, 3.05) is 25.1 Å². The zero-order chi connectivity index (χ0) is 24.6. The van der Waals surface area contributed by atoms with Crippen molar-refractivity contribution in [2.24, 2.45) is 16.8 Å². The number of amides is 2. The van der Waals surface area contributed by atoms with Crippen LogP contribution in [0.1, 0.15) is 56.2 Å². The number of hydrogen-bond donors (Lipinski definition) is 2. The lowest BCUT2D eigenvalue weighted by molar-refractivity contribution is -0.131. The number of nitrogens with one attached hydrogen (secondary N) is 1. The Kier molecular flexibility index (Phi) is 4.82. The van der Waals surface area contributed by atoms with Crippen molar-refractivity contribution in [3.8, 4) is 11.1 Å². The van der Waals surface area contributed by atoms with Crippen LogP contribution in [0.3, 0.4) is 0 Å². The molecule has 2 N–H and O–H groups in total. The molecule has 3 heterocycles. The molecular formula is C28H31N5O3. The maximum Gasteiger partial charge on any atom is 0.256 e. The predicted molar refractivity (Wildman–Crippen MR) is 135 cm³/mol. The number of benzene rings is 2. The maximum absolute atomic E-state index is 13.3. The number of rotatable bonds is 5. The molecule has 2 saturated carbocycles. The van der Waals surface area contributed by atoms with Crippen molar-refractivity contribution in [2.45, 2.75) is 50.6 Å². The summed E-state index contributed by atoms with van der Waals surface area (Å²) in [5.74, 6) is 1.74. The quantitative estimate of drug-likeness (QED) is 0.672. The minimum Gasteiger partial charge on any atom is -0.342 e. The Balaban J connectivity index is 1.10. The largest absolute Gasteiger partial charge is 0.342 e. The van der Waals surface area contributed by atoms with Crippen LogP contribution in [0.4, 0.5) is 5.69 Å². The molecule has 8 nitrogen and oxygen atoms in total. The first-order chi connectivity index (χ1) is 17.4. The molecular weight excluding hydrogens is 454 g/mol. The van der Waals surface area contributed by atoms with Gasteiger partial charge in [0.25, 0.3) is 5.91 Å². The van der Waals surface area contributed by atoms with E-state index in [0.29, 0.717) is 18.4 Å². The van der Waals surface area contributed by atoms with E-state index in [9.17, 15) is 14.8 Å². The van der Waals surface area contributed by atoms with E-state index >= 15 is 0 Å². The standard InChI is InChI=1S/C28H31N5O3/c1-17-23-9-8-22(14-24(23)30-33(17)36)19-2-4-20(5-3-19)25-29-28(11-12-28)27(35)32(25)16-18-10-13-31(15-18)26(34)21-6-7-21/h2-5,8-9,14,17-18,21,30,36H,6-7,10-13,15-16H2,1H3/t17?,18-/m1/s1. The number of amidine groups is 1. The number of carbonyl (C=O) groups is 2. The maximum atomic E-state index is 13.3. The Labute approximate surface area is 210 Å². The summed E-state index contributed by atoms with van der Waals surface area (Å²) < 4.78 is 0. The Morgan fingerprint density at radius 2 is 1.81 bits per heavy atom. The smallest absolute Gasteiger partial charge is 0.256 e. The molecule has 3 aliphatic heterocycles. The molecule has 0 radical (unpaired) electrons. The summed E-state index contributed by atoms with van der Waals surface area (Å²) in [6.45, 7) is 4.12. The van der Waals surface area contributed by atoms with E-state index in [-0.39, 0.29) is 17.9 Å². The molecule has 1 unspecified atom stereocenters. The van der Waals surface area contributed by atoms with Crippen molar-refractivity contribution in [1.82, 2.24) is 15.0 Å². The molecule has 2 atom stereocenters. The molecule has 0 bridgehead atoms. The van der Waals surface area contributed by atoms with Gasteiger partial charge in [-0.15, -0.1) is 0 Å². The van der Waals surface area contributed by atoms with E-state index in [0.717, 1.165) is 84.1 Å². The predicted octanol–water partition coefficient (Wildman–Crippen LogP) is 3.83. The van der Waals surface area contributed by atoms with E-state index in [1.54, 1.807) is 0 Å². The van der Waals surface area contributed by atoms with Crippen LogP contribution in [-0.4, -0.2) is 63.0 Å². The van der Waals surface area contributed by atoms with Gasteiger partial charge in [-0.05, 0) is 67.7 Å². The summed E-state index contributed by atoms with van der Waals surface area (Å²) >= 11 is 0. The highest BCUT2D eigenvalue weighted by Crippen LogP contribution is 2.46. The Bertz CT molecular complexity index is 1280. The van der Waals surface area contributed by atoms with Crippen molar-refractivity contribution in [3.05, 3.63) is 53.6 Å². The fourth-order valence-electron chi connectivity index (χ4n) is 5.88. The number of nitrogens with zero attached hydrogens (tertiary/aromatic N) is 4. The van der Waals surface area contributed by atoms with Gasteiger partial charge in [-0.2, -0.15) is 0 Å². The number of fused-ring (bicyclic) bond motifs is 1. The van der Waals surface area contributed by atoms with Gasteiger partial charge in [0.2, 0.25) is 5.91 Å². The first kappa shape index (κ1) is 22.0. The molecule has 1 spiro atoms. The molecule has 36 heavy (non-hydrogen) atoms. The molecule has 1 saturated heterocycles. The number of hydroxylamine groups is 1. The average Bonchev–Trinajstić information content (AvgIpc) is 3.80. The zero-order valence-corrected chi connectivity index (χ0v) is 20.5. The van der Waals surface area contributed by atoms with Crippen molar-refractivity contribution >= 4 is 23.3 Å². The second-order valence-electron chi connectivity index (χ2n) is 11.1. The summed E-state index contributed by atoms with van der Waals surface area (Å²) in [6, 6.07) is 14.3. The van der Waals surface area contributed by atoms with E-state index in [1.165, 1.54) is 0 Å². The summed E-state index contributed by atoms with van der Waals surface area (Å²) in [5.41, 5.74) is 7.49. The third-order valence-electron chi connectivity index (χ3n) is 8.49. The summed E-state index contributed by atoms with van der Waals surface area (Å²) in [5, 5.41) is 11.1. The topological polar surface area (TPSA) is 88.5 Å². The molecule has 5 aliphatic rings. The van der Waals surface area contributed by atoms with Crippen molar-refractivity contribution in [3.63, 3.8) is 0 Å². The van der Waals surface area contributed by atoms with Gasteiger partial charge < -0.3 is 4.90 Å². The monoisotopic (exact) mass is 485 g/mol. The fraction of sp³-hybridized carbons (Fsp3) is 0.464. The van der Waals surface area contributed by atoms with Crippen LogP contribution in [0.25, 0.3) is 11.1 Å². The van der Waals surface area contributed by atoms with Crippen LogP contribution in [0.5, 0.6) is 0 Å². The summed E-state index contributed by atoms with van der Waals surface area (Å²) in [7, 11) is 0. The van der Waals surface area contributed by atoms with E-state index in [4.69, 9.17) is 4.99 Å².